The van der Waals surface area contributed by atoms with Crippen LogP contribution in [-0.2, 0) is 138 Å². The molecule has 0 bridgehead atoms. The average Bonchev–Trinajstić information content (AvgIpc) is 0.759. The Labute approximate surface area is 937 Å². The minimum atomic E-state index is -4.49. The van der Waals surface area contributed by atoms with Crippen LogP contribution in [0.4, 0.5) is 32.0 Å². The van der Waals surface area contributed by atoms with Crippen LogP contribution in [0.5, 0.6) is 0 Å². The molecule has 0 saturated heterocycles. The van der Waals surface area contributed by atoms with Crippen LogP contribution in [0.15, 0.2) is 413 Å². The number of hydrogen-bond acceptors (Lipinski definition) is 10. The fraction of sp³-hybridized carbons (Fsp3) is 0.110. The van der Waals surface area contributed by atoms with Crippen LogP contribution < -0.4 is 0 Å². The van der Waals surface area contributed by atoms with E-state index in [0.29, 0.717) is 34.0 Å². The van der Waals surface area contributed by atoms with Crippen molar-refractivity contribution in [3.63, 3.8) is 0 Å². The van der Waals surface area contributed by atoms with Crippen molar-refractivity contribution in [1.82, 2.24) is 44.9 Å². The molecule has 20 aromatic rings. The van der Waals surface area contributed by atoms with E-state index in [1.54, 1.807) is 79.0 Å². The molecule has 0 atom stereocenters. The summed E-state index contributed by atoms with van der Waals surface area (Å²) in [6.07, 6.45) is -7.20. The van der Waals surface area contributed by atoms with Gasteiger partial charge >= 0.3 is 96.6 Å². The molecule has 0 N–H and O–H groups in total. The number of hydrogen-bond donors (Lipinski definition) is 0. The largest absolute Gasteiger partial charge is 2.00 e. The normalized spacial score (nSPS) is 11.0. The summed E-state index contributed by atoms with van der Waals surface area (Å²) >= 11 is 0. The number of alkyl halides is 6. The quantitative estimate of drug-likeness (QED) is 0.0567. The van der Waals surface area contributed by atoms with Crippen molar-refractivity contribution in [1.29, 1.82) is 5.26 Å². The Kier molecular flexibility index (Phi) is 40.6. The van der Waals surface area contributed by atoms with E-state index < -0.39 is 39.7 Å². The molecular weight excluding hydrogens is 2770 g/mol. The van der Waals surface area contributed by atoms with E-state index in [1.165, 1.54) is 23.3 Å². The van der Waals surface area contributed by atoms with Gasteiger partial charge in [0.25, 0.3) is 0 Å². The maximum absolute atomic E-state index is 13.1. The van der Waals surface area contributed by atoms with Crippen LogP contribution >= 0.6 is 0 Å². The molecule has 149 heavy (non-hydrogen) atoms. The zero-order valence-corrected chi connectivity index (χ0v) is 93.0. The molecule has 20 rings (SSSR count). The van der Waals surface area contributed by atoms with Gasteiger partial charge in [0.05, 0.1) is 12.6 Å². The summed E-state index contributed by atoms with van der Waals surface area (Å²) < 4.78 is 78.8. The van der Waals surface area contributed by atoms with Gasteiger partial charge in [-0.3, -0.25) is 4.85 Å². The Morgan fingerprint density at radius 1 is 0.242 bits per heavy atom. The number of halogens is 6. The maximum atomic E-state index is 13.1. The summed E-state index contributed by atoms with van der Waals surface area (Å²) in [4.78, 5) is 46.6. The molecular formula is C127H92F6IrN11Pt4-. The molecule has 0 unspecified atom stereocenters. The monoisotopic (exact) mass is 2860 g/mol. The summed E-state index contributed by atoms with van der Waals surface area (Å²) in [6, 6.07) is 156. The van der Waals surface area contributed by atoms with Crippen molar-refractivity contribution in [2.75, 3.05) is 0 Å². The van der Waals surface area contributed by atoms with E-state index >= 15 is 0 Å². The number of benzene rings is 11. The first-order chi connectivity index (χ1) is 69.5. The van der Waals surface area contributed by atoms with Gasteiger partial charge in [-0.05, 0) is 189 Å². The zero-order chi connectivity index (χ0) is 101. The molecule has 0 amide bonds. The fourth-order valence-electron chi connectivity index (χ4n) is 16.0. The number of aromatic nitrogens is 9. The van der Waals surface area contributed by atoms with Gasteiger partial charge in [-0.1, -0.05) is 170 Å². The van der Waals surface area contributed by atoms with Crippen molar-refractivity contribution in [3.8, 4) is 130 Å². The summed E-state index contributed by atoms with van der Waals surface area (Å²) in [5, 5.41) is 9.18. The molecule has 0 aliphatic heterocycles. The predicted molar refractivity (Wildman–Crippen MR) is 557 cm³/mol. The van der Waals surface area contributed by atoms with Crippen LogP contribution in [0.2, 0.25) is 0 Å². The minimum absolute atomic E-state index is 0. The van der Waals surface area contributed by atoms with Crippen LogP contribution in [0.25, 0.3) is 128 Å². The van der Waals surface area contributed by atoms with E-state index in [1.807, 2.05) is 190 Å². The Balaban J connectivity index is 0.000000180. The first kappa shape index (κ1) is 115. The van der Waals surface area contributed by atoms with Gasteiger partial charge in [-0.2, -0.15) is 37.7 Å². The Morgan fingerprint density at radius 3 is 0.772 bits per heavy atom. The van der Waals surface area contributed by atoms with Crippen LogP contribution in [0.3, 0.4) is 0 Å². The number of rotatable bonds is 19. The molecule has 11 aromatic carbocycles. The zero-order valence-electron chi connectivity index (χ0n) is 81.5. The fourth-order valence-corrected chi connectivity index (χ4v) is 16.0. The van der Waals surface area contributed by atoms with Gasteiger partial charge in [0, 0.05) is 93.5 Å². The predicted octanol–water partition coefficient (Wildman–Crippen LogP) is 31.3. The molecule has 0 spiro atoms. The Bertz CT molecular complexity index is 7460. The molecule has 1 radical (unpaired) electrons. The number of nitrogens with zero attached hydrogens (tertiary/aromatic N) is 11. The molecule has 9 heterocycles. The van der Waals surface area contributed by atoms with Crippen molar-refractivity contribution < 1.29 is 131 Å². The van der Waals surface area contributed by atoms with Crippen LogP contribution in [0, 0.1) is 72.5 Å². The molecule has 11 nitrogen and oxygen atoms in total. The van der Waals surface area contributed by atoms with Crippen molar-refractivity contribution in [2.45, 2.75) is 89.4 Å². The smallest absolute Gasteiger partial charge is 0.305 e. The van der Waals surface area contributed by atoms with Crippen LogP contribution in [0.1, 0.15) is 118 Å². The number of pyridine rings is 9. The van der Waals surface area contributed by atoms with E-state index in [2.05, 4.69) is 243 Å². The first-order valence-electron chi connectivity index (χ1n) is 46.3. The third-order valence-electron chi connectivity index (χ3n) is 24.3. The van der Waals surface area contributed by atoms with Crippen molar-refractivity contribution in [2.24, 2.45) is 0 Å². The van der Waals surface area contributed by atoms with Gasteiger partial charge in [-0.15, -0.1) is 292 Å². The van der Waals surface area contributed by atoms with Gasteiger partial charge < -0.3 is 44.9 Å². The number of nitriles is 1. The summed E-state index contributed by atoms with van der Waals surface area (Å²) in [6.45, 7) is 23.7. The third kappa shape index (κ3) is 29.2. The molecule has 0 saturated carbocycles. The van der Waals surface area contributed by atoms with Gasteiger partial charge in [0.1, 0.15) is 5.69 Å². The molecule has 9 aromatic heterocycles. The van der Waals surface area contributed by atoms with Gasteiger partial charge in [-0.25, -0.2) is 0 Å². The second-order valence-electron chi connectivity index (χ2n) is 35.7. The summed E-state index contributed by atoms with van der Waals surface area (Å²) in [5.41, 5.74) is 22.6. The first-order valence-corrected chi connectivity index (χ1v) is 46.3. The topological polar surface area (TPSA) is 144 Å². The maximum Gasteiger partial charge on any atom is 2.00 e. The van der Waals surface area contributed by atoms with E-state index in [-0.39, 0.29) is 121 Å². The van der Waals surface area contributed by atoms with Crippen molar-refractivity contribution in [3.05, 3.63) is 541 Å². The Morgan fingerprint density at radius 2 is 0.490 bits per heavy atom. The second kappa shape index (κ2) is 52.6. The minimum Gasteiger partial charge on any atom is -0.305 e. The molecule has 0 aliphatic carbocycles. The Hall–Kier alpha value is -14.3. The third-order valence-corrected chi connectivity index (χ3v) is 24.3. The molecule has 747 valence electrons. The second-order valence-corrected chi connectivity index (χ2v) is 35.7. The van der Waals surface area contributed by atoms with Crippen molar-refractivity contribution >= 4 is 5.69 Å². The standard InChI is InChI=1S/C37H28N2.C27H18F6N2.C27H18N4.C25H20N2.C11H8N.Ir.4Pt/c1-37(2,35-23-11-21-33(38-35)31-19-9-17-29(25-31)27-13-5-3-6-14-27)36-24-12-22-34(39-36)32-20-10-18-30(26-32)28-15-7-4-8-16-28;1-25(2,23-13-5-11-21(34-23)17-7-3-9-19(15-17)26(28,29)30)24-14-6-12-22(35-24)18-8-4-10-20(16-18)27(31,32)33;1-27(2,25-14-6-12-23(30-25)20-9-4-8-19(16-20)18-28)26-15-7-13-24(31-26)21-10-5-11-22(17-21)29-3;1-25(2,23-17-9-15-21(26-23)19-11-5-3-6-12-19)24-18-10-16-22(27-24)20-13-7-4-8-14-20;1-2-6-10(7-3-1)11-8-4-5-9-12-11;;;;;/h3-18,21-26H,1-2H3;3-6,9-16H,1-2H3;4-8,11-17H,1-2H3;3-11,13,15-18H,1-2H3;1-6,8-9H;;;;;/q4*-2;-1;;4*+2. The average molecular weight is 2860 g/mol. The molecule has 0 aliphatic rings. The van der Waals surface area contributed by atoms with Gasteiger partial charge in [0.2, 0.25) is 0 Å². The van der Waals surface area contributed by atoms with E-state index in [9.17, 15) is 31.6 Å². The SMILES string of the molecule is CC(C)(c1cccc(-c2[c-]ccc(-c3ccccc3)c2)n1)c1cccc(-c2[c-]ccc(-c3ccccc3)c2)n1.CC(C)(c1cccc(-c2[c-]ccc(C(F)(F)F)c2)n1)c1cccc(-c2[c-]ccc(C(F)(F)F)c2)n1.CC(C)(c1cccc(-c2[c-]cccc2)n1)c1cccc(-c2[c-]cccc2)n1.[C-]#[N+]c1cc[c-]c(-c2cccc(C(C)(C)c3cccc(-c4[c-]ccc(C#N)c4)n3)n2)c1.[Ir].[Pt+2].[Pt+2].[Pt+2].[Pt+2].[c-]1ccccc1-c1ccccn1. The molecule has 22 heteroatoms. The summed E-state index contributed by atoms with van der Waals surface area (Å²) in [5.74, 6) is 0. The van der Waals surface area contributed by atoms with E-state index in [4.69, 9.17) is 36.5 Å². The van der Waals surface area contributed by atoms with Gasteiger partial charge in [0.15, 0.2) is 0 Å². The van der Waals surface area contributed by atoms with E-state index in [0.717, 1.165) is 148 Å². The summed E-state index contributed by atoms with van der Waals surface area (Å²) in [7, 11) is 0. The van der Waals surface area contributed by atoms with Crippen LogP contribution in [-0.4, -0.2) is 44.9 Å². The molecule has 0 fully saturated rings.